The Morgan fingerprint density at radius 2 is 1.89 bits per heavy atom. The molecule has 0 aliphatic heterocycles. The van der Waals surface area contributed by atoms with Crippen LogP contribution in [0.4, 0.5) is 5.69 Å². The number of anilines is 1. The number of methoxy groups -OCH3 is 1. The van der Waals surface area contributed by atoms with Crippen molar-refractivity contribution in [3.05, 3.63) is 36.4 Å². The van der Waals surface area contributed by atoms with Crippen LogP contribution in [0.15, 0.2) is 36.4 Å². The van der Waals surface area contributed by atoms with E-state index in [1.54, 1.807) is 0 Å². The van der Waals surface area contributed by atoms with Gasteiger partial charge in [-0.3, -0.25) is 4.79 Å². The van der Waals surface area contributed by atoms with Crippen LogP contribution in [-0.2, 0) is 9.53 Å². The SMILES string of the molecule is COC(=O)CCCOc1ccc(N)c2ccccc12. The molecule has 4 nitrogen and oxygen atoms in total. The van der Waals surface area contributed by atoms with Crippen LogP contribution >= 0.6 is 0 Å². The molecule has 2 aromatic rings. The monoisotopic (exact) mass is 259 g/mol. The van der Waals surface area contributed by atoms with Gasteiger partial charge in [0.05, 0.1) is 13.7 Å². The van der Waals surface area contributed by atoms with E-state index in [-0.39, 0.29) is 5.97 Å². The number of fused-ring (bicyclic) bond motifs is 1. The Balaban J connectivity index is 2.05. The summed E-state index contributed by atoms with van der Waals surface area (Å²) in [6, 6.07) is 11.5. The Morgan fingerprint density at radius 3 is 2.63 bits per heavy atom. The van der Waals surface area contributed by atoms with Gasteiger partial charge in [0.25, 0.3) is 0 Å². The second kappa shape index (κ2) is 6.09. The predicted molar refractivity (Wildman–Crippen MR) is 75.1 cm³/mol. The lowest BCUT2D eigenvalue weighted by Crippen LogP contribution is -2.04. The van der Waals surface area contributed by atoms with Gasteiger partial charge in [-0.05, 0) is 18.6 Å². The van der Waals surface area contributed by atoms with Crippen LogP contribution in [0.5, 0.6) is 5.75 Å². The predicted octanol–water partition coefficient (Wildman–Crippen LogP) is 2.75. The average molecular weight is 259 g/mol. The Kier molecular flexibility index (Phi) is 4.23. The van der Waals surface area contributed by atoms with Gasteiger partial charge in [0, 0.05) is 22.9 Å². The van der Waals surface area contributed by atoms with Gasteiger partial charge in [0.1, 0.15) is 5.75 Å². The van der Waals surface area contributed by atoms with E-state index in [0.29, 0.717) is 19.4 Å². The number of nitrogens with two attached hydrogens (primary N) is 1. The van der Waals surface area contributed by atoms with Gasteiger partial charge >= 0.3 is 5.97 Å². The second-order valence-electron chi connectivity index (χ2n) is 4.23. The minimum absolute atomic E-state index is 0.217. The zero-order chi connectivity index (χ0) is 13.7. The first-order valence-corrected chi connectivity index (χ1v) is 6.19. The van der Waals surface area contributed by atoms with E-state index >= 15 is 0 Å². The van der Waals surface area contributed by atoms with Crippen molar-refractivity contribution in [3.63, 3.8) is 0 Å². The van der Waals surface area contributed by atoms with E-state index < -0.39 is 0 Å². The van der Waals surface area contributed by atoms with E-state index in [2.05, 4.69) is 4.74 Å². The van der Waals surface area contributed by atoms with Crippen molar-refractivity contribution in [1.82, 2.24) is 0 Å². The summed E-state index contributed by atoms with van der Waals surface area (Å²) in [6.07, 6.45) is 0.995. The molecule has 0 aromatic heterocycles. The molecule has 0 amide bonds. The summed E-state index contributed by atoms with van der Waals surface area (Å²) in [7, 11) is 1.39. The Morgan fingerprint density at radius 1 is 1.16 bits per heavy atom. The average Bonchev–Trinajstić information content (AvgIpc) is 2.45. The Hall–Kier alpha value is -2.23. The molecule has 0 aliphatic rings. The lowest BCUT2D eigenvalue weighted by Gasteiger charge is -2.10. The number of ether oxygens (including phenoxy) is 2. The molecule has 19 heavy (non-hydrogen) atoms. The van der Waals surface area contributed by atoms with Crippen molar-refractivity contribution in [3.8, 4) is 5.75 Å². The third-order valence-electron chi connectivity index (χ3n) is 2.93. The zero-order valence-corrected chi connectivity index (χ0v) is 10.9. The summed E-state index contributed by atoms with van der Waals surface area (Å²) < 4.78 is 10.3. The van der Waals surface area contributed by atoms with Crippen molar-refractivity contribution in [1.29, 1.82) is 0 Å². The fraction of sp³-hybridized carbons (Fsp3) is 0.267. The molecule has 0 saturated heterocycles. The molecular formula is C15H17NO3. The number of esters is 1. The molecule has 2 aromatic carbocycles. The Labute approximate surface area is 112 Å². The number of hydrogen-bond donors (Lipinski definition) is 1. The first kappa shape index (κ1) is 13.2. The molecule has 0 saturated carbocycles. The van der Waals surface area contributed by atoms with E-state index in [9.17, 15) is 4.79 Å². The van der Waals surface area contributed by atoms with Gasteiger partial charge in [-0.15, -0.1) is 0 Å². The lowest BCUT2D eigenvalue weighted by atomic mass is 10.1. The standard InChI is InChI=1S/C15H17NO3/c1-18-15(17)7-4-10-19-14-9-8-13(16)11-5-2-3-6-12(11)14/h2-3,5-6,8-9H,4,7,10,16H2,1H3. The number of rotatable bonds is 5. The van der Waals surface area contributed by atoms with Gasteiger partial charge < -0.3 is 15.2 Å². The van der Waals surface area contributed by atoms with Crippen molar-refractivity contribution in [2.45, 2.75) is 12.8 Å². The van der Waals surface area contributed by atoms with Crippen molar-refractivity contribution in [2.75, 3.05) is 19.5 Å². The molecule has 2 rings (SSSR count). The van der Waals surface area contributed by atoms with Crippen LogP contribution in [0.3, 0.4) is 0 Å². The molecule has 0 atom stereocenters. The highest BCUT2D eigenvalue weighted by molar-refractivity contribution is 5.96. The molecule has 4 heteroatoms. The van der Waals surface area contributed by atoms with Crippen molar-refractivity contribution in [2.24, 2.45) is 0 Å². The normalized spacial score (nSPS) is 10.4. The molecule has 0 spiro atoms. The number of benzene rings is 2. The summed E-state index contributed by atoms with van der Waals surface area (Å²) in [5.74, 6) is 0.570. The maximum atomic E-state index is 11.0. The van der Waals surface area contributed by atoms with Crippen LogP contribution in [0, 0.1) is 0 Å². The quantitative estimate of drug-likeness (QED) is 0.509. The summed E-state index contributed by atoms with van der Waals surface area (Å²) in [4.78, 5) is 11.0. The fourth-order valence-corrected chi connectivity index (χ4v) is 1.92. The molecular weight excluding hydrogens is 242 g/mol. The van der Waals surface area contributed by atoms with Crippen LogP contribution in [0.1, 0.15) is 12.8 Å². The largest absolute Gasteiger partial charge is 0.493 e. The highest BCUT2D eigenvalue weighted by Gasteiger charge is 2.05. The number of hydrogen-bond acceptors (Lipinski definition) is 4. The van der Waals surface area contributed by atoms with E-state index in [4.69, 9.17) is 10.5 Å². The second-order valence-corrected chi connectivity index (χ2v) is 4.23. The van der Waals surface area contributed by atoms with Crippen LogP contribution in [0.25, 0.3) is 10.8 Å². The number of carbonyl (C=O) groups excluding carboxylic acids is 1. The summed E-state index contributed by atoms with van der Waals surface area (Å²) in [5, 5.41) is 1.97. The smallest absolute Gasteiger partial charge is 0.305 e. The number of carbonyl (C=O) groups is 1. The first-order chi connectivity index (χ1) is 9.22. The van der Waals surface area contributed by atoms with Gasteiger partial charge in [-0.2, -0.15) is 0 Å². The first-order valence-electron chi connectivity index (χ1n) is 6.19. The van der Waals surface area contributed by atoms with E-state index in [1.165, 1.54) is 7.11 Å². The minimum Gasteiger partial charge on any atom is -0.493 e. The highest BCUT2D eigenvalue weighted by Crippen LogP contribution is 2.29. The van der Waals surface area contributed by atoms with Crippen molar-refractivity contribution < 1.29 is 14.3 Å². The molecule has 0 bridgehead atoms. The molecule has 0 radical (unpaired) electrons. The topological polar surface area (TPSA) is 61.5 Å². The fourth-order valence-electron chi connectivity index (χ4n) is 1.92. The van der Waals surface area contributed by atoms with Gasteiger partial charge in [0.2, 0.25) is 0 Å². The van der Waals surface area contributed by atoms with Gasteiger partial charge in [0.15, 0.2) is 0 Å². The summed E-state index contributed by atoms with van der Waals surface area (Å²) >= 11 is 0. The van der Waals surface area contributed by atoms with Gasteiger partial charge in [-0.25, -0.2) is 0 Å². The molecule has 0 unspecified atom stereocenters. The molecule has 0 heterocycles. The van der Waals surface area contributed by atoms with Crippen LogP contribution < -0.4 is 10.5 Å². The minimum atomic E-state index is -0.217. The zero-order valence-electron chi connectivity index (χ0n) is 10.9. The number of nitrogen functional groups attached to an aromatic ring is 1. The van der Waals surface area contributed by atoms with Gasteiger partial charge in [-0.1, -0.05) is 24.3 Å². The summed E-state index contributed by atoms with van der Waals surface area (Å²) in [5.41, 5.74) is 6.65. The van der Waals surface area contributed by atoms with Crippen LogP contribution in [0.2, 0.25) is 0 Å². The highest BCUT2D eigenvalue weighted by atomic mass is 16.5. The third kappa shape index (κ3) is 3.16. The summed E-state index contributed by atoms with van der Waals surface area (Å²) in [6.45, 7) is 0.475. The molecule has 100 valence electrons. The Bertz CT molecular complexity index is 581. The van der Waals surface area contributed by atoms with Crippen LogP contribution in [-0.4, -0.2) is 19.7 Å². The molecule has 2 N–H and O–H groups in total. The molecule has 0 aliphatic carbocycles. The van der Waals surface area contributed by atoms with Crippen molar-refractivity contribution >= 4 is 22.4 Å². The third-order valence-corrected chi connectivity index (χ3v) is 2.93. The lowest BCUT2D eigenvalue weighted by molar-refractivity contribution is -0.140. The van der Waals surface area contributed by atoms with E-state index in [1.807, 2.05) is 36.4 Å². The van der Waals surface area contributed by atoms with E-state index in [0.717, 1.165) is 22.2 Å². The maximum Gasteiger partial charge on any atom is 0.305 e. The maximum absolute atomic E-state index is 11.0. The molecule has 0 fully saturated rings.